The van der Waals surface area contributed by atoms with Crippen molar-refractivity contribution in [2.45, 2.75) is 0 Å². The topological polar surface area (TPSA) is 17.1 Å². The molecule has 11 aromatic rings. The molecule has 0 radical (unpaired) electrons. The summed E-state index contributed by atoms with van der Waals surface area (Å²) in [6, 6.07) is 67.0. The van der Waals surface area contributed by atoms with Crippen LogP contribution in [0.5, 0.6) is 0 Å². The normalized spacial score (nSPS) is 12.3. The third-order valence-electron chi connectivity index (χ3n) is 11.2. The maximum absolute atomic E-state index is 16.9. The van der Waals surface area contributed by atoms with Crippen LogP contribution in [0.2, 0.25) is 0 Å². The molecule has 0 aliphatic heterocycles. The Morgan fingerprint density at radius 2 is 0.615 bits per heavy atom. The van der Waals surface area contributed by atoms with Gasteiger partial charge in [-0.25, -0.2) is 0 Å². The van der Waals surface area contributed by atoms with Gasteiger partial charge in [0, 0.05) is 15.9 Å². The van der Waals surface area contributed by atoms with E-state index < -0.39 is 7.14 Å². The van der Waals surface area contributed by atoms with Gasteiger partial charge in [0.15, 0.2) is 7.14 Å². The number of fused-ring (bicyclic) bond motifs is 12. The zero-order valence-corrected chi connectivity index (χ0v) is 29.1. The van der Waals surface area contributed by atoms with Crippen molar-refractivity contribution < 1.29 is 4.57 Å². The molecule has 52 heavy (non-hydrogen) atoms. The van der Waals surface area contributed by atoms with Gasteiger partial charge >= 0.3 is 0 Å². The fourth-order valence-electron chi connectivity index (χ4n) is 8.68. The predicted octanol–water partition coefficient (Wildman–Crippen LogP) is 12.6. The molecule has 0 aliphatic rings. The molecule has 0 saturated heterocycles. The Bertz CT molecular complexity index is 3220. The van der Waals surface area contributed by atoms with Gasteiger partial charge in [-0.1, -0.05) is 146 Å². The first-order chi connectivity index (χ1) is 25.6. The number of rotatable bonds is 3. The van der Waals surface area contributed by atoms with Crippen molar-refractivity contribution in [3.8, 4) is 0 Å². The van der Waals surface area contributed by atoms with Crippen LogP contribution in [0, 0.1) is 0 Å². The molecule has 0 bridgehead atoms. The Labute approximate surface area is 300 Å². The van der Waals surface area contributed by atoms with Crippen molar-refractivity contribution in [1.29, 1.82) is 0 Å². The smallest absolute Gasteiger partial charge is 0.171 e. The van der Waals surface area contributed by atoms with Gasteiger partial charge in [0.2, 0.25) is 0 Å². The highest BCUT2D eigenvalue weighted by Gasteiger charge is 2.33. The van der Waals surface area contributed by atoms with Crippen LogP contribution >= 0.6 is 7.14 Å². The van der Waals surface area contributed by atoms with Crippen LogP contribution in [-0.4, -0.2) is 0 Å². The van der Waals surface area contributed by atoms with Gasteiger partial charge in [0.05, 0.1) is 0 Å². The zero-order chi connectivity index (χ0) is 34.4. The van der Waals surface area contributed by atoms with Crippen LogP contribution < -0.4 is 15.9 Å². The minimum absolute atomic E-state index is 0.838. The number of hydrogen-bond donors (Lipinski definition) is 0. The summed E-state index contributed by atoms with van der Waals surface area (Å²) in [5.74, 6) is 0. The lowest BCUT2D eigenvalue weighted by Crippen LogP contribution is -2.26. The maximum atomic E-state index is 16.9. The van der Waals surface area contributed by atoms with Gasteiger partial charge in [0.25, 0.3) is 0 Å². The average Bonchev–Trinajstić information content (AvgIpc) is 3.21. The summed E-state index contributed by atoms with van der Waals surface area (Å²) in [6.45, 7) is 0. The molecule has 0 atom stereocenters. The van der Waals surface area contributed by atoms with Crippen molar-refractivity contribution in [3.05, 3.63) is 188 Å². The van der Waals surface area contributed by atoms with Crippen LogP contribution in [0.4, 0.5) is 0 Å². The molecule has 0 spiro atoms. The highest BCUT2D eigenvalue weighted by atomic mass is 31.2. The third kappa shape index (κ3) is 4.27. The molecule has 0 fully saturated rings. The second-order valence-electron chi connectivity index (χ2n) is 14.0. The van der Waals surface area contributed by atoms with E-state index in [-0.39, 0.29) is 0 Å². The molecule has 0 unspecified atom stereocenters. The molecule has 11 aromatic carbocycles. The summed E-state index contributed by atoms with van der Waals surface area (Å²) in [5.41, 5.74) is 0. The van der Waals surface area contributed by atoms with Crippen molar-refractivity contribution in [2.75, 3.05) is 0 Å². The van der Waals surface area contributed by atoms with Crippen molar-refractivity contribution in [1.82, 2.24) is 0 Å². The second kappa shape index (κ2) is 11.1. The van der Waals surface area contributed by atoms with Gasteiger partial charge in [-0.2, -0.15) is 0 Å². The Balaban J connectivity index is 1.29. The van der Waals surface area contributed by atoms with Gasteiger partial charge < -0.3 is 4.57 Å². The van der Waals surface area contributed by atoms with E-state index in [1.54, 1.807) is 0 Å². The standard InChI is InChI=1S/C50H31OP/c51-52(40-23-21-36-25-32-11-1-3-13-34(32)27-38(36)29-40,41-24-22-37-26-33-12-2-4-14-35(33)28-39(37)30-41)49-31-48-44-17-6-5-15-42(44)43-16-7-9-19-46(43)50(48)47-20-10-8-18-45(47)49/h1-31H. The number of benzene rings is 11. The minimum Gasteiger partial charge on any atom is -0.309 e. The van der Waals surface area contributed by atoms with Crippen LogP contribution in [0.25, 0.3) is 86.2 Å². The van der Waals surface area contributed by atoms with Gasteiger partial charge in [-0.15, -0.1) is 0 Å². The van der Waals surface area contributed by atoms with E-state index in [1.165, 1.54) is 48.5 Å². The van der Waals surface area contributed by atoms with Gasteiger partial charge in [-0.3, -0.25) is 0 Å². The minimum atomic E-state index is -3.49. The van der Waals surface area contributed by atoms with Gasteiger partial charge in [0.1, 0.15) is 0 Å². The predicted molar refractivity (Wildman–Crippen MR) is 226 cm³/mol. The van der Waals surface area contributed by atoms with Crippen molar-refractivity contribution in [3.63, 3.8) is 0 Å². The van der Waals surface area contributed by atoms with E-state index >= 15 is 4.57 Å². The lowest BCUT2D eigenvalue weighted by molar-refractivity contribution is 0.592. The molecular weight excluding hydrogens is 648 g/mol. The van der Waals surface area contributed by atoms with Crippen LogP contribution in [0.15, 0.2) is 188 Å². The number of hydrogen-bond acceptors (Lipinski definition) is 1. The van der Waals surface area contributed by atoms with Crippen molar-refractivity contribution >= 4 is 109 Å². The summed E-state index contributed by atoms with van der Waals surface area (Å²) in [7, 11) is -3.49. The molecule has 0 aromatic heterocycles. The first kappa shape index (κ1) is 29.5. The van der Waals surface area contributed by atoms with E-state index in [1.807, 2.05) is 0 Å². The molecule has 2 heteroatoms. The highest BCUT2D eigenvalue weighted by Crippen LogP contribution is 2.49. The fraction of sp³-hybridized carbons (Fsp3) is 0. The first-order valence-electron chi connectivity index (χ1n) is 17.9. The van der Waals surface area contributed by atoms with Gasteiger partial charge in [-0.05, 0) is 129 Å². The molecule has 242 valence electrons. The van der Waals surface area contributed by atoms with Crippen LogP contribution in [-0.2, 0) is 4.57 Å². The van der Waals surface area contributed by atoms with E-state index in [9.17, 15) is 0 Å². The second-order valence-corrected chi connectivity index (χ2v) is 16.8. The largest absolute Gasteiger partial charge is 0.309 e. The summed E-state index contributed by atoms with van der Waals surface area (Å²) in [4.78, 5) is 0. The third-order valence-corrected chi connectivity index (χ3v) is 14.2. The van der Waals surface area contributed by atoms with Crippen LogP contribution in [0.3, 0.4) is 0 Å². The monoisotopic (exact) mass is 678 g/mol. The highest BCUT2D eigenvalue weighted by molar-refractivity contribution is 7.85. The summed E-state index contributed by atoms with van der Waals surface area (Å²) < 4.78 is 16.9. The molecule has 0 aliphatic carbocycles. The fourth-order valence-corrected chi connectivity index (χ4v) is 11.6. The quantitative estimate of drug-likeness (QED) is 0.103. The summed E-state index contributed by atoms with van der Waals surface area (Å²) >= 11 is 0. The summed E-state index contributed by atoms with van der Waals surface area (Å²) in [5, 5.41) is 21.0. The molecule has 0 heterocycles. The lowest BCUT2D eigenvalue weighted by atomic mass is 9.91. The van der Waals surface area contributed by atoms with E-state index in [0.717, 1.165) is 53.6 Å². The Kier molecular flexibility index (Phi) is 6.30. The molecule has 0 saturated carbocycles. The Hall–Kier alpha value is -6.27. The van der Waals surface area contributed by atoms with E-state index in [0.29, 0.717) is 0 Å². The Morgan fingerprint density at radius 3 is 1.12 bits per heavy atom. The lowest BCUT2D eigenvalue weighted by Gasteiger charge is -2.24. The Morgan fingerprint density at radius 1 is 0.269 bits per heavy atom. The van der Waals surface area contributed by atoms with E-state index in [4.69, 9.17) is 0 Å². The SMILES string of the molecule is O=P(c1ccc2cc3ccccc3cc2c1)(c1ccc2cc3ccccc3cc2c1)c1cc2c3ccccc3c3ccccc3c2c2ccccc12. The molecule has 1 nitrogen and oxygen atoms in total. The molecule has 0 N–H and O–H groups in total. The average molecular weight is 679 g/mol. The zero-order valence-electron chi connectivity index (χ0n) is 28.3. The molecule has 0 amide bonds. The maximum Gasteiger partial charge on any atom is 0.171 e. The van der Waals surface area contributed by atoms with Crippen molar-refractivity contribution in [2.24, 2.45) is 0 Å². The summed E-state index contributed by atoms with van der Waals surface area (Å²) in [6.07, 6.45) is 0. The molecular formula is C50H31OP. The molecule has 11 rings (SSSR count). The van der Waals surface area contributed by atoms with E-state index in [2.05, 4.69) is 188 Å². The van der Waals surface area contributed by atoms with Crippen LogP contribution in [0.1, 0.15) is 0 Å². The first-order valence-corrected chi connectivity index (χ1v) is 19.6.